The molecule has 0 aromatic heterocycles. The van der Waals surface area contributed by atoms with Crippen LogP contribution in [0.15, 0.2) is 59.5 Å². The van der Waals surface area contributed by atoms with Crippen molar-refractivity contribution in [3.63, 3.8) is 0 Å². The number of amides is 1. The molecule has 6 nitrogen and oxygen atoms in total. The van der Waals surface area contributed by atoms with Crippen LogP contribution in [0.4, 0.5) is 5.69 Å². The zero-order valence-electron chi connectivity index (χ0n) is 15.0. The number of benzene rings is 2. The number of anilines is 1. The molecule has 0 N–H and O–H groups in total. The normalized spacial score (nSPS) is 15.7. The molecule has 0 unspecified atom stereocenters. The topological polar surface area (TPSA) is 60.9 Å². The Kier molecular flexibility index (Phi) is 5.29. The SMILES string of the molecule is CN(C)c1cccc(C(=O)N2CCN(S(=O)(=O)c3ccccc3)CC2)c1. The van der Waals surface area contributed by atoms with Crippen molar-refractivity contribution in [3.05, 3.63) is 60.2 Å². The van der Waals surface area contributed by atoms with Gasteiger partial charge in [-0.15, -0.1) is 0 Å². The molecule has 0 spiro atoms. The highest BCUT2D eigenvalue weighted by Crippen LogP contribution is 2.19. The lowest BCUT2D eigenvalue weighted by atomic mass is 10.1. The Hall–Kier alpha value is -2.38. The van der Waals surface area contributed by atoms with E-state index in [0.29, 0.717) is 36.6 Å². The van der Waals surface area contributed by atoms with Gasteiger partial charge in [-0.3, -0.25) is 4.79 Å². The van der Waals surface area contributed by atoms with Gasteiger partial charge in [-0.05, 0) is 30.3 Å². The first-order valence-electron chi connectivity index (χ1n) is 8.51. The van der Waals surface area contributed by atoms with Crippen LogP contribution in [0.2, 0.25) is 0 Å². The largest absolute Gasteiger partial charge is 0.378 e. The summed E-state index contributed by atoms with van der Waals surface area (Å²) < 4.78 is 26.8. The molecule has 0 saturated carbocycles. The zero-order chi connectivity index (χ0) is 18.7. The molecular formula is C19H23N3O3S. The molecular weight excluding hydrogens is 350 g/mol. The molecule has 1 heterocycles. The van der Waals surface area contributed by atoms with Crippen LogP contribution >= 0.6 is 0 Å². The molecule has 0 bridgehead atoms. The molecule has 3 rings (SSSR count). The predicted molar refractivity (Wildman–Crippen MR) is 102 cm³/mol. The van der Waals surface area contributed by atoms with Gasteiger partial charge in [0.1, 0.15) is 0 Å². The van der Waals surface area contributed by atoms with Crippen LogP contribution in [0.1, 0.15) is 10.4 Å². The van der Waals surface area contributed by atoms with Gasteiger partial charge >= 0.3 is 0 Å². The van der Waals surface area contributed by atoms with E-state index in [0.717, 1.165) is 5.69 Å². The number of carbonyl (C=O) groups is 1. The van der Waals surface area contributed by atoms with Gasteiger partial charge in [0.05, 0.1) is 4.90 Å². The van der Waals surface area contributed by atoms with Crippen molar-refractivity contribution in [1.29, 1.82) is 0 Å². The fourth-order valence-electron chi connectivity index (χ4n) is 2.97. The first kappa shape index (κ1) is 18.4. The van der Waals surface area contributed by atoms with E-state index in [9.17, 15) is 13.2 Å². The Labute approximate surface area is 154 Å². The van der Waals surface area contributed by atoms with Crippen LogP contribution in [0.3, 0.4) is 0 Å². The number of hydrogen-bond acceptors (Lipinski definition) is 4. The van der Waals surface area contributed by atoms with Crippen molar-refractivity contribution in [2.75, 3.05) is 45.2 Å². The van der Waals surface area contributed by atoms with Gasteiger partial charge in [0, 0.05) is 51.5 Å². The monoisotopic (exact) mass is 373 g/mol. The molecule has 7 heteroatoms. The van der Waals surface area contributed by atoms with E-state index < -0.39 is 10.0 Å². The highest BCUT2D eigenvalue weighted by atomic mass is 32.2. The smallest absolute Gasteiger partial charge is 0.254 e. The van der Waals surface area contributed by atoms with Crippen molar-refractivity contribution in [3.8, 4) is 0 Å². The van der Waals surface area contributed by atoms with Gasteiger partial charge < -0.3 is 9.80 Å². The number of carbonyl (C=O) groups excluding carboxylic acids is 1. The fraction of sp³-hybridized carbons (Fsp3) is 0.316. The maximum Gasteiger partial charge on any atom is 0.254 e. The first-order valence-corrected chi connectivity index (χ1v) is 9.95. The Balaban J connectivity index is 1.69. The summed E-state index contributed by atoms with van der Waals surface area (Å²) in [4.78, 5) is 16.7. The molecule has 138 valence electrons. The summed E-state index contributed by atoms with van der Waals surface area (Å²) >= 11 is 0. The molecule has 1 aliphatic rings. The van der Waals surface area contributed by atoms with Crippen molar-refractivity contribution in [2.24, 2.45) is 0 Å². The van der Waals surface area contributed by atoms with E-state index in [1.165, 1.54) is 4.31 Å². The van der Waals surface area contributed by atoms with Gasteiger partial charge in [-0.25, -0.2) is 8.42 Å². The van der Waals surface area contributed by atoms with E-state index in [2.05, 4.69) is 0 Å². The average molecular weight is 373 g/mol. The van der Waals surface area contributed by atoms with Gasteiger partial charge in [0.25, 0.3) is 5.91 Å². The standard InChI is InChI=1S/C19H23N3O3S/c1-20(2)17-8-6-7-16(15-17)19(23)21-11-13-22(14-12-21)26(24,25)18-9-4-3-5-10-18/h3-10,15H,11-14H2,1-2H3. The van der Waals surface area contributed by atoms with E-state index in [1.54, 1.807) is 41.3 Å². The third-order valence-corrected chi connectivity index (χ3v) is 6.43. The highest BCUT2D eigenvalue weighted by molar-refractivity contribution is 7.89. The molecule has 1 fully saturated rings. The minimum atomic E-state index is -3.51. The minimum Gasteiger partial charge on any atom is -0.378 e. The third-order valence-electron chi connectivity index (χ3n) is 4.52. The second-order valence-corrected chi connectivity index (χ2v) is 8.39. The van der Waals surface area contributed by atoms with Crippen LogP contribution in [0.25, 0.3) is 0 Å². The van der Waals surface area contributed by atoms with Crippen molar-refractivity contribution >= 4 is 21.6 Å². The van der Waals surface area contributed by atoms with Gasteiger partial charge in [0.15, 0.2) is 0 Å². The summed E-state index contributed by atoms with van der Waals surface area (Å²) in [7, 11) is 0.350. The fourth-order valence-corrected chi connectivity index (χ4v) is 4.42. The lowest BCUT2D eigenvalue weighted by Crippen LogP contribution is -2.50. The number of rotatable bonds is 4. The molecule has 0 radical (unpaired) electrons. The molecule has 2 aromatic rings. The van der Waals surface area contributed by atoms with Gasteiger partial charge in [-0.2, -0.15) is 4.31 Å². The van der Waals surface area contributed by atoms with Crippen LogP contribution in [-0.4, -0.2) is 63.8 Å². The van der Waals surface area contributed by atoms with Gasteiger partial charge in [0.2, 0.25) is 10.0 Å². The summed E-state index contributed by atoms with van der Waals surface area (Å²) in [5, 5.41) is 0. The van der Waals surface area contributed by atoms with E-state index >= 15 is 0 Å². The molecule has 1 amide bonds. The predicted octanol–water partition coefficient (Wildman–Crippen LogP) is 1.90. The number of sulfonamides is 1. The number of hydrogen-bond donors (Lipinski definition) is 0. The minimum absolute atomic E-state index is 0.0644. The van der Waals surface area contributed by atoms with Crippen LogP contribution in [-0.2, 0) is 10.0 Å². The summed E-state index contributed by atoms with van der Waals surface area (Å²) in [6.45, 7) is 1.38. The Bertz CT molecular complexity index is 874. The zero-order valence-corrected chi connectivity index (χ0v) is 15.8. The molecule has 1 aliphatic heterocycles. The third kappa shape index (κ3) is 3.73. The van der Waals surface area contributed by atoms with Crippen LogP contribution in [0.5, 0.6) is 0 Å². The first-order chi connectivity index (χ1) is 12.4. The second kappa shape index (κ2) is 7.47. The highest BCUT2D eigenvalue weighted by Gasteiger charge is 2.30. The molecule has 2 aromatic carbocycles. The van der Waals surface area contributed by atoms with E-state index in [1.807, 2.05) is 37.2 Å². The number of nitrogens with zero attached hydrogens (tertiary/aromatic N) is 3. The molecule has 26 heavy (non-hydrogen) atoms. The van der Waals surface area contributed by atoms with Crippen molar-refractivity contribution in [2.45, 2.75) is 4.90 Å². The Morgan fingerprint density at radius 1 is 0.923 bits per heavy atom. The summed E-state index contributed by atoms with van der Waals surface area (Å²) in [5.41, 5.74) is 1.58. The van der Waals surface area contributed by atoms with E-state index in [-0.39, 0.29) is 5.91 Å². The molecule has 0 atom stereocenters. The Morgan fingerprint density at radius 3 is 2.19 bits per heavy atom. The van der Waals surface area contributed by atoms with Crippen LogP contribution < -0.4 is 4.90 Å². The summed E-state index contributed by atoms with van der Waals surface area (Å²) in [5.74, 6) is -0.0644. The average Bonchev–Trinajstić information content (AvgIpc) is 2.68. The van der Waals surface area contributed by atoms with Crippen molar-refractivity contribution < 1.29 is 13.2 Å². The number of piperazine rings is 1. The lowest BCUT2D eigenvalue weighted by Gasteiger charge is -2.34. The van der Waals surface area contributed by atoms with Crippen molar-refractivity contribution in [1.82, 2.24) is 9.21 Å². The molecule has 0 aliphatic carbocycles. The van der Waals surface area contributed by atoms with Crippen LogP contribution in [0, 0.1) is 0 Å². The maximum atomic E-state index is 12.7. The molecule has 1 saturated heterocycles. The van der Waals surface area contributed by atoms with Gasteiger partial charge in [-0.1, -0.05) is 24.3 Å². The van der Waals surface area contributed by atoms with E-state index in [4.69, 9.17) is 0 Å². The second-order valence-electron chi connectivity index (χ2n) is 6.45. The lowest BCUT2D eigenvalue weighted by molar-refractivity contribution is 0.0698. The summed E-state index contributed by atoms with van der Waals surface area (Å²) in [6.07, 6.45) is 0. The summed E-state index contributed by atoms with van der Waals surface area (Å²) in [6, 6.07) is 15.9. The quantitative estimate of drug-likeness (QED) is 0.821. The maximum absolute atomic E-state index is 12.7. The Morgan fingerprint density at radius 2 is 1.58 bits per heavy atom.